The van der Waals surface area contributed by atoms with E-state index in [1.54, 1.807) is 9.58 Å². The molecule has 1 N–H and O–H groups in total. The molecule has 2 heterocycles. The van der Waals surface area contributed by atoms with Crippen LogP contribution in [0.1, 0.15) is 92.9 Å². The third-order valence-electron chi connectivity index (χ3n) is 7.57. The van der Waals surface area contributed by atoms with Crippen LogP contribution in [0.4, 0.5) is 0 Å². The maximum absolute atomic E-state index is 13.8. The van der Waals surface area contributed by atoms with Crippen molar-refractivity contribution in [2.75, 3.05) is 6.61 Å². The van der Waals surface area contributed by atoms with E-state index in [4.69, 9.17) is 9.84 Å². The van der Waals surface area contributed by atoms with E-state index < -0.39 is 5.54 Å². The lowest BCUT2D eigenvalue weighted by molar-refractivity contribution is -0.134. The summed E-state index contributed by atoms with van der Waals surface area (Å²) in [6.45, 7) is 5.20. The van der Waals surface area contributed by atoms with Gasteiger partial charge in [-0.25, -0.2) is 0 Å². The minimum Gasteiger partial charge on any atom is -0.494 e. The Morgan fingerprint density at radius 3 is 2.47 bits per heavy atom. The molecule has 2 amide bonds. The highest BCUT2D eigenvalue weighted by molar-refractivity contribution is 5.99. The van der Waals surface area contributed by atoms with E-state index in [2.05, 4.69) is 5.32 Å². The molecule has 5 rings (SSSR count). The number of nitrogens with zero attached hydrogens (tertiary/aromatic N) is 3. The monoisotopic (exact) mass is 464 g/mol. The minimum absolute atomic E-state index is 0.0761. The van der Waals surface area contributed by atoms with Crippen LogP contribution in [0.25, 0.3) is 0 Å². The Balaban J connectivity index is 1.43. The van der Waals surface area contributed by atoms with E-state index >= 15 is 0 Å². The van der Waals surface area contributed by atoms with Crippen LogP contribution >= 0.6 is 0 Å². The molecule has 2 aromatic rings. The van der Waals surface area contributed by atoms with E-state index in [1.807, 2.05) is 44.2 Å². The number of benzene rings is 1. The van der Waals surface area contributed by atoms with Gasteiger partial charge in [0.2, 0.25) is 5.91 Å². The number of carbonyl (C=O) groups is 2. The fourth-order valence-corrected chi connectivity index (χ4v) is 5.29. The first-order valence-electron chi connectivity index (χ1n) is 12.9. The molecule has 2 aliphatic carbocycles. The molecule has 2 saturated carbocycles. The summed E-state index contributed by atoms with van der Waals surface area (Å²) in [7, 11) is 0. The van der Waals surface area contributed by atoms with Crippen LogP contribution in [-0.2, 0) is 17.9 Å². The van der Waals surface area contributed by atoms with Crippen LogP contribution in [0.3, 0.4) is 0 Å². The smallest absolute Gasteiger partial charge is 0.273 e. The molecule has 0 saturated heterocycles. The second-order valence-corrected chi connectivity index (χ2v) is 10.3. The lowest BCUT2D eigenvalue weighted by atomic mass is 9.93. The average molecular weight is 465 g/mol. The van der Waals surface area contributed by atoms with Crippen molar-refractivity contribution in [3.05, 3.63) is 47.3 Å². The molecule has 1 aromatic carbocycles. The highest BCUT2D eigenvalue weighted by Crippen LogP contribution is 2.41. The van der Waals surface area contributed by atoms with Crippen LogP contribution in [0.5, 0.6) is 5.75 Å². The van der Waals surface area contributed by atoms with Gasteiger partial charge in [0.15, 0.2) is 0 Å². The van der Waals surface area contributed by atoms with Gasteiger partial charge in [-0.05, 0) is 63.3 Å². The minimum atomic E-state index is -1.01. The second-order valence-electron chi connectivity index (χ2n) is 10.3. The summed E-state index contributed by atoms with van der Waals surface area (Å²) in [5, 5.41) is 8.06. The Kier molecular flexibility index (Phi) is 6.36. The highest BCUT2D eigenvalue weighted by Gasteiger charge is 2.48. The SMILES string of the molecule is CCOc1ccc(CN2C(=O)c3cc(C4CC4)nn3CC2(C)C(=O)NC2CCCCCC2)cc1. The molecule has 0 bridgehead atoms. The third kappa shape index (κ3) is 4.57. The predicted molar refractivity (Wildman–Crippen MR) is 130 cm³/mol. The number of hydrogen-bond donors (Lipinski definition) is 1. The summed E-state index contributed by atoms with van der Waals surface area (Å²) in [6, 6.07) is 9.91. The number of fused-ring (bicyclic) bond motifs is 1. The number of amides is 2. The number of ether oxygens (including phenoxy) is 1. The standard InChI is InChI=1S/C27H36N4O3/c1-3-34-22-14-10-19(11-15-22)17-30-25(32)24-16-23(20-12-13-20)29-31(24)18-27(30,2)26(33)28-21-8-6-4-5-7-9-21/h10-11,14-16,20-21H,3-9,12-13,17-18H2,1-2H3,(H,28,33). The molecule has 182 valence electrons. The van der Waals surface area contributed by atoms with Crippen LogP contribution in [0.2, 0.25) is 0 Å². The van der Waals surface area contributed by atoms with Crippen molar-refractivity contribution >= 4 is 11.8 Å². The van der Waals surface area contributed by atoms with Gasteiger partial charge in [0.1, 0.15) is 17.0 Å². The van der Waals surface area contributed by atoms with Crippen molar-refractivity contribution < 1.29 is 14.3 Å². The van der Waals surface area contributed by atoms with E-state index in [1.165, 1.54) is 12.8 Å². The Morgan fingerprint density at radius 1 is 1.12 bits per heavy atom. The summed E-state index contributed by atoms with van der Waals surface area (Å²) in [5.74, 6) is 1.06. The fourth-order valence-electron chi connectivity index (χ4n) is 5.29. The Labute approximate surface area is 201 Å². The van der Waals surface area contributed by atoms with Gasteiger partial charge in [0.25, 0.3) is 5.91 Å². The molecule has 3 aliphatic rings. The van der Waals surface area contributed by atoms with Crippen LogP contribution in [0, 0.1) is 0 Å². The van der Waals surface area contributed by atoms with E-state index in [0.717, 1.165) is 55.5 Å². The Morgan fingerprint density at radius 2 is 1.82 bits per heavy atom. The number of aromatic nitrogens is 2. The number of rotatable bonds is 7. The van der Waals surface area contributed by atoms with Crippen LogP contribution in [-0.4, -0.2) is 44.7 Å². The summed E-state index contributed by atoms with van der Waals surface area (Å²) >= 11 is 0. The highest BCUT2D eigenvalue weighted by atomic mass is 16.5. The molecule has 1 unspecified atom stereocenters. The summed E-state index contributed by atoms with van der Waals surface area (Å²) in [6.07, 6.45) is 9.01. The zero-order chi connectivity index (χ0) is 23.7. The lowest BCUT2D eigenvalue weighted by Crippen LogP contribution is -2.64. The van der Waals surface area contributed by atoms with Crippen molar-refractivity contribution in [1.82, 2.24) is 20.0 Å². The molecule has 1 atom stereocenters. The lowest BCUT2D eigenvalue weighted by Gasteiger charge is -2.44. The van der Waals surface area contributed by atoms with Crippen molar-refractivity contribution in [2.45, 2.75) is 95.8 Å². The molecule has 34 heavy (non-hydrogen) atoms. The molecule has 7 nitrogen and oxygen atoms in total. The largest absolute Gasteiger partial charge is 0.494 e. The fraction of sp³-hybridized carbons (Fsp3) is 0.593. The van der Waals surface area contributed by atoms with Crippen molar-refractivity contribution in [1.29, 1.82) is 0 Å². The van der Waals surface area contributed by atoms with E-state index in [-0.39, 0.29) is 17.9 Å². The zero-order valence-corrected chi connectivity index (χ0v) is 20.4. The van der Waals surface area contributed by atoms with Crippen LogP contribution in [0.15, 0.2) is 30.3 Å². The van der Waals surface area contributed by atoms with Gasteiger partial charge in [-0.1, -0.05) is 37.8 Å². The van der Waals surface area contributed by atoms with Crippen molar-refractivity contribution in [3.8, 4) is 5.75 Å². The summed E-state index contributed by atoms with van der Waals surface area (Å²) < 4.78 is 7.34. The van der Waals surface area contributed by atoms with Gasteiger partial charge in [-0.15, -0.1) is 0 Å². The number of nitrogens with one attached hydrogen (secondary N) is 1. The third-order valence-corrected chi connectivity index (χ3v) is 7.57. The molecular weight excluding hydrogens is 428 g/mol. The normalized spacial score (nSPS) is 23.4. The van der Waals surface area contributed by atoms with Gasteiger partial charge in [0.05, 0.1) is 18.8 Å². The first-order valence-corrected chi connectivity index (χ1v) is 12.9. The van der Waals surface area contributed by atoms with Crippen LogP contribution < -0.4 is 10.1 Å². The van der Waals surface area contributed by atoms with Gasteiger partial charge in [0, 0.05) is 18.5 Å². The second kappa shape index (κ2) is 9.43. The number of carbonyl (C=O) groups excluding carboxylic acids is 2. The van der Waals surface area contributed by atoms with Gasteiger partial charge < -0.3 is 15.0 Å². The predicted octanol–water partition coefficient (Wildman–Crippen LogP) is 4.41. The molecule has 1 aromatic heterocycles. The zero-order valence-electron chi connectivity index (χ0n) is 20.4. The maximum Gasteiger partial charge on any atom is 0.273 e. The molecule has 0 radical (unpaired) electrons. The molecule has 1 aliphatic heterocycles. The molecule has 7 heteroatoms. The Hall–Kier alpha value is -2.83. The molecular formula is C27H36N4O3. The van der Waals surface area contributed by atoms with Crippen molar-refractivity contribution in [3.63, 3.8) is 0 Å². The van der Waals surface area contributed by atoms with Crippen molar-refractivity contribution in [2.24, 2.45) is 0 Å². The van der Waals surface area contributed by atoms with Gasteiger partial charge in [-0.3, -0.25) is 14.3 Å². The quantitative estimate of drug-likeness (QED) is 0.616. The molecule has 0 spiro atoms. The summed E-state index contributed by atoms with van der Waals surface area (Å²) in [4.78, 5) is 29.3. The molecule has 2 fully saturated rings. The first-order chi connectivity index (χ1) is 16.5. The summed E-state index contributed by atoms with van der Waals surface area (Å²) in [5.41, 5.74) is 1.54. The number of hydrogen-bond acceptors (Lipinski definition) is 4. The topological polar surface area (TPSA) is 76.5 Å². The average Bonchev–Trinajstić information content (AvgIpc) is 3.63. The van der Waals surface area contributed by atoms with Gasteiger partial charge >= 0.3 is 0 Å². The maximum atomic E-state index is 13.8. The van der Waals surface area contributed by atoms with E-state index in [9.17, 15) is 9.59 Å². The first kappa shape index (κ1) is 22.9. The van der Waals surface area contributed by atoms with Gasteiger partial charge in [-0.2, -0.15) is 5.10 Å². The van der Waals surface area contributed by atoms with E-state index in [0.29, 0.717) is 31.3 Å². The Bertz CT molecular complexity index is 1030.